The molecule has 0 aliphatic carbocycles. The predicted octanol–water partition coefficient (Wildman–Crippen LogP) is 1.28. The quantitative estimate of drug-likeness (QED) is 0.649. The van der Waals surface area contributed by atoms with Gasteiger partial charge < -0.3 is 20.5 Å². The van der Waals surface area contributed by atoms with E-state index in [1.165, 1.54) is 6.08 Å². The van der Waals surface area contributed by atoms with Crippen LogP contribution in [0.4, 0.5) is 5.69 Å². The van der Waals surface area contributed by atoms with Crippen LogP contribution in [0.5, 0.6) is 0 Å². The number of hydrogen-bond donors (Lipinski definition) is 2. The number of nitrogens with zero attached hydrogens (tertiary/aromatic N) is 1. The standard InChI is InChI=1S/C16H22N2O3/c1-16(2)11-18(9-14(10-19)21-16)15(20)7-6-12-4-3-5-13(17)8-12/h3-8,14,19H,9-11,17H2,1-2H3/b7-6+. The summed E-state index contributed by atoms with van der Waals surface area (Å²) >= 11 is 0. The van der Waals surface area contributed by atoms with Gasteiger partial charge in [-0.25, -0.2) is 0 Å². The van der Waals surface area contributed by atoms with Gasteiger partial charge in [-0.15, -0.1) is 0 Å². The van der Waals surface area contributed by atoms with Crippen LogP contribution in [0.1, 0.15) is 19.4 Å². The number of aliphatic hydroxyl groups excluding tert-OH is 1. The lowest BCUT2D eigenvalue weighted by atomic mass is 10.1. The number of anilines is 1. The van der Waals surface area contributed by atoms with Crippen molar-refractivity contribution in [2.45, 2.75) is 25.6 Å². The summed E-state index contributed by atoms with van der Waals surface area (Å²) in [4.78, 5) is 14.0. The predicted molar refractivity (Wildman–Crippen MR) is 82.5 cm³/mol. The minimum Gasteiger partial charge on any atom is -0.399 e. The van der Waals surface area contributed by atoms with Gasteiger partial charge in [0.15, 0.2) is 0 Å². The zero-order valence-electron chi connectivity index (χ0n) is 12.5. The summed E-state index contributed by atoms with van der Waals surface area (Å²) in [5.41, 5.74) is 6.80. The molecule has 1 amide bonds. The molecule has 0 aromatic heterocycles. The van der Waals surface area contributed by atoms with Crippen LogP contribution in [-0.4, -0.2) is 47.3 Å². The van der Waals surface area contributed by atoms with Crippen molar-refractivity contribution in [2.24, 2.45) is 0 Å². The van der Waals surface area contributed by atoms with Gasteiger partial charge in [0, 0.05) is 24.9 Å². The van der Waals surface area contributed by atoms with Crippen LogP contribution in [0.15, 0.2) is 30.3 Å². The van der Waals surface area contributed by atoms with Gasteiger partial charge in [-0.2, -0.15) is 0 Å². The van der Waals surface area contributed by atoms with Gasteiger partial charge >= 0.3 is 0 Å². The van der Waals surface area contributed by atoms with Crippen LogP contribution in [0.3, 0.4) is 0 Å². The molecule has 1 unspecified atom stereocenters. The normalized spacial score (nSPS) is 21.7. The molecule has 1 aromatic rings. The SMILES string of the molecule is CC1(C)CN(C(=O)/C=C/c2cccc(N)c2)CC(CO)O1. The highest BCUT2D eigenvalue weighted by molar-refractivity contribution is 5.92. The first kappa shape index (κ1) is 15.5. The molecule has 1 aromatic carbocycles. The molecule has 114 valence electrons. The molecule has 1 aliphatic heterocycles. The Kier molecular flexibility index (Phi) is 4.65. The lowest BCUT2D eigenvalue weighted by Crippen LogP contribution is -2.55. The first-order chi connectivity index (χ1) is 9.89. The fourth-order valence-electron chi connectivity index (χ4n) is 2.49. The fourth-order valence-corrected chi connectivity index (χ4v) is 2.49. The van der Waals surface area contributed by atoms with Gasteiger partial charge in [0.05, 0.1) is 18.3 Å². The Morgan fingerprint density at radius 2 is 2.33 bits per heavy atom. The Bertz CT molecular complexity index is 540. The third kappa shape index (κ3) is 4.31. The number of nitrogen functional groups attached to an aromatic ring is 1. The maximum absolute atomic E-state index is 12.3. The average Bonchev–Trinajstić information content (AvgIpc) is 2.43. The topological polar surface area (TPSA) is 75.8 Å². The number of rotatable bonds is 3. The minimum atomic E-state index is -0.452. The zero-order chi connectivity index (χ0) is 15.5. The summed E-state index contributed by atoms with van der Waals surface area (Å²) in [6, 6.07) is 7.35. The van der Waals surface area contributed by atoms with E-state index < -0.39 is 5.60 Å². The summed E-state index contributed by atoms with van der Waals surface area (Å²) in [7, 11) is 0. The molecule has 2 rings (SSSR count). The van der Waals surface area contributed by atoms with Crippen molar-refractivity contribution in [3.63, 3.8) is 0 Å². The van der Waals surface area contributed by atoms with Gasteiger partial charge in [-0.1, -0.05) is 12.1 Å². The number of carbonyl (C=O) groups is 1. The van der Waals surface area contributed by atoms with Crippen LogP contribution >= 0.6 is 0 Å². The van der Waals surface area contributed by atoms with Crippen molar-refractivity contribution in [3.8, 4) is 0 Å². The molecular formula is C16H22N2O3. The van der Waals surface area contributed by atoms with Gasteiger partial charge in [0.2, 0.25) is 5.91 Å². The summed E-state index contributed by atoms with van der Waals surface area (Å²) in [6.07, 6.45) is 2.94. The summed E-state index contributed by atoms with van der Waals surface area (Å²) in [6.45, 7) is 4.64. The third-order valence-corrected chi connectivity index (χ3v) is 3.33. The van der Waals surface area contributed by atoms with E-state index in [9.17, 15) is 9.90 Å². The molecule has 0 saturated carbocycles. The Hall–Kier alpha value is -1.85. The number of carbonyl (C=O) groups excluding carboxylic acids is 1. The number of aliphatic hydroxyl groups is 1. The molecule has 1 heterocycles. The van der Waals surface area contributed by atoms with Gasteiger partial charge in [-0.05, 0) is 37.6 Å². The second kappa shape index (κ2) is 6.28. The highest BCUT2D eigenvalue weighted by atomic mass is 16.5. The molecule has 0 spiro atoms. The number of benzene rings is 1. The molecule has 21 heavy (non-hydrogen) atoms. The number of ether oxygens (including phenoxy) is 1. The summed E-state index contributed by atoms with van der Waals surface area (Å²) in [5, 5.41) is 9.27. The zero-order valence-corrected chi connectivity index (χ0v) is 12.5. The van der Waals surface area contributed by atoms with Crippen molar-refractivity contribution in [1.29, 1.82) is 0 Å². The molecule has 5 nitrogen and oxygen atoms in total. The van der Waals surface area contributed by atoms with E-state index in [0.717, 1.165) is 5.56 Å². The molecular weight excluding hydrogens is 268 g/mol. The highest BCUT2D eigenvalue weighted by Gasteiger charge is 2.34. The van der Waals surface area contributed by atoms with E-state index in [2.05, 4.69) is 0 Å². The van der Waals surface area contributed by atoms with Crippen molar-refractivity contribution in [1.82, 2.24) is 4.90 Å². The molecule has 1 aliphatic rings. The largest absolute Gasteiger partial charge is 0.399 e. The van der Waals surface area contributed by atoms with Crippen LogP contribution in [0, 0.1) is 0 Å². The molecule has 1 atom stereocenters. The molecule has 5 heteroatoms. The Morgan fingerprint density at radius 1 is 1.57 bits per heavy atom. The van der Waals surface area contributed by atoms with E-state index in [0.29, 0.717) is 18.8 Å². The number of hydrogen-bond acceptors (Lipinski definition) is 4. The number of amides is 1. The molecule has 1 saturated heterocycles. The first-order valence-electron chi connectivity index (χ1n) is 7.01. The highest BCUT2D eigenvalue weighted by Crippen LogP contribution is 2.21. The summed E-state index contributed by atoms with van der Waals surface area (Å²) < 4.78 is 5.70. The lowest BCUT2D eigenvalue weighted by molar-refractivity contribution is -0.163. The van der Waals surface area contributed by atoms with Crippen LogP contribution < -0.4 is 5.73 Å². The van der Waals surface area contributed by atoms with Crippen LogP contribution in [-0.2, 0) is 9.53 Å². The van der Waals surface area contributed by atoms with Crippen LogP contribution in [0.2, 0.25) is 0 Å². The molecule has 0 radical (unpaired) electrons. The average molecular weight is 290 g/mol. The van der Waals surface area contributed by atoms with E-state index in [1.54, 1.807) is 17.0 Å². The molecule has 0 bridgehead atoms. The maximum atomic E-state index is 12.3. The van der Waals surface area contributed by atoms with E-state index >= 15 is 0 Å². The van der Waals surface area contributed by atoms with Crippen LogP contribution in [0.25, 0.3) is 6.08 Å². The van der Waals surface area contributed by atoms with E-state index in [1.807, 2.05) is 32.0 Å². The Labute approximate surface area is 125 Å². The van der Waals surface area contributed by atoms with E-state index in [4.69, 9.17) is 10.5 Å². The number of nitrogens with two attached hydrogens (primary N) is 1. The second-order valence-corrected chi connectivity index (χ2v) is 5.90. The van der Waals surface area contributed by atoms with Crippen molar-refractivity contribution in [3.05, 3.63) is 35.9 Å². The van der Waals surface area contributed by atoms with Gasteiger partial charge in [0.25, 0.3) is 0 Å². The van der Waals surface area contributed by atoms with Crippen molar-refractivity contribution in [2.75, 3.05) is 25.4 Å². The minimum absolute atomic E-state index is 0.0905. The molecule has 1 fully saturated rings. The van der Waals surface area contributed by atoms with Crippen molar-refractivity contribution >= 4 is 17.7 Å². The maximum Gasteiger partial charge on any atom is 0.246 e. The smallest absolute Gasteiger partial charge is 0.246 e. The fraction of sp³-hybridized carbons (Fsp3) is 0.438. The molecule has 3 N–H and O–H groups in total. The van der Waals surface area contributed by atoms with Gasteiger partial charge in [-0.3, -0.25) is 4.79 Å². The van der Waals surface area contributed by atoms with Gasteiger partial charge in [0.1, 0.15) is 0 Å². The first-order valence-corrected chi connectivity index (χ1v) is 7.01. The summed E-state index contributed by atoms with van der Waals surface area (Å²) in [5.74, 6) is -0.0905. The second-order valence-electron chi connectivity index (χ2n) is 5.90. The monoisotopic (exact) mass is 290 g/mol. The third-order valence-electron chi connectivity index (χ3n) is 3.33. The lowest BCUT2D eigenvalue weighted by Gasteiger charge is -2.41. The van der Waals surface area contributed by atoms with Crippen molar-refractivity contribution < 1.29 is 14.6 Å². The van der Waals surface area contributed by atoms with E-state index in [-0.39, 0.29) is 18.6 Å². The Balaban J connectivity index is 2.05. The Morgan fingerprint density at radius 3 is 3.00 bits per heavy atom. The number of morpholine rings is 1.